The van der Waals surface area contributed by atoms with Crippen molar-refractivity contribution in [2.24, 2.45) is 0 Å². The van der Waals surface area contributed by atoms with E-state index in [0.29, 0.717) is 6.42 Å². The number of unbranched alkanes of at least 4 members (excludes halogenated alkanes) is 9. The van der Waals surface area contributed by atoms with Gasteiger partial charge in [0.05, 0.1) is 11.8 Å². The van der Waals surface area contributed by atoms with Gasteiger partial charge in [0.1, 0.15) is 5.76 Å². The van der Waals surface area contributed by atoms with Crippen molar-refractivity contribution < 1.29 is 9.21 Å². The van der Waals surface area contributed by atoms with Crippen molar-refractivity contribution >= 4 is 5.78 Å². The van der Waals surface area contributed by atoms with Crippen LogP contribution in [-0.2, 0) is 6.42 Å². The fourth-order valence-corrected chi connectivity index (χ4v) is 2.77. The zero-order chi connectivity index (χ0) is 15.3. The van der Waals surface area contributed by atoms with E-state index in [4.69, 9.17) is 4.42 Å². The Balaban J connectivity index is 1.98. The molecule has 0 atom stereocenters. The molecule has 0 N–H and O–H groups in total. The molecule has 0 saturated heterocycles. The minimum atomic E-state index is 0.250. The summed E-state index contributed by atoms with van der Waals surface area (Å²) in [5.74, 6) is 1.09. The SMILES string of the molecule is CCCCCCCCCCCCC(=O)c1ccoc1CC. The molecule has 0 fully saturated rings. The first-order valence-electron chi connectivity index (χ1n) is 8.89. The molecule has 1 heterocycles. The van der Waals surface area contributed by atoms with E-state index in [9.17, 15) is 4.79 Å². The summed E-state index contributed by atoms with van der Waals surface area (Å²) < 4.78 is 5.31. The van der Waals surface area contributed by atoms with Gasteiger partial charge in [-0.2, -0.15) is 0 Å². The maximum atomic E-state index is 12.1. The molecule has 1 rings (SSSR count). The van der Waals surface area contributed by atoms with Gasteiger partial charge in [-0.15, -0.1) is 0 Å². The molecule has 0 bridgehead atoms. The van der Waals surface area contributed by atoms with Gasteiger partial charge in [-0.1, -0.05) is 71.6 Å². The number of aryl methyl sites for hydroxylation is 1. The number of ketones is 1. The highest BCUT2D eigenvalue weighted by Crippen LogP contribution is 2.16. The highest BCUT2D eigenvalue weighted by molar-refractivity contribution is 5.96. The van der Waals surface area contributed by atoms with Gasteiger partial charge in [0, 0.05) is 12.8 Å². The topological polar surface area (TPSA) is 30.2 Å². The summed E-state index contributed by atoms with van der Waals surface area (Å²) in [7, 11) is 0. The second-order valence-corrected chi connectivity index (χ2v) is 5.97. The smallest absolute Gasteiger partial charge is 0.166 e. The fourth-order valence-electron chi connectivity index (χ4n) is 2.77. The molecule has 0 aliphatic rings. The highest BCUT2D eigenvalue weighted by atomic mass is 16.3. The summed E-state index contributed by atoms with van der Waals surface area (Å²) in [5.41, 5.74) is 0.799. The first-order chi connectivity index (χ1) is 10.3. The quantitative estimate of drug-likeness (QED) is 0.314. The molecule has 120 valence electrons. The van der Waals surface area contributed by atoms with Crippen LogP contribution in [0.25, 0.3) is 0 Å². The minimum Gasteiger partial charge on any atom is -0.469 e. The molecule has 2 heteroatoms. The first-order valence-corrected chi connectivity index (χ1v) is 8.89. The second-order valence-electron chi connectivity index (χ2n) is 5.97. The van der Waals surface area contributed by atoms with Crippen LogP contribution in [0.15, 0.2) is 16.7 Å². The first kappa shape index (κ1) is 18.0. The zero-order valence-corrected chi connectivity index (χ0v) is 14.0. The Labute approximate surface area is 130 Å². The van der Waals surface area contributed by atoms with E-state index >= 15 is 0 Å². The molecule has 0 amide bonds. The van der Waals surface area contributed by atoms with E-state index in [0.717, 1.165) is 24.2 Å². The molecule has 0 unspecified atom stereocenters. The van der Waals surface area contributed by atoms with Gasteiger partial charge in [-0.25, -0.2) is 0 Å². The Morgan fingerprint density at radius 3 is 2.05 bits per heavy atom. The van der Waals surface area contributed by atoms with Crippen molar-refractivity contribution in [3.8, 4) is 0 Å². The average Bonchev–Trinajstić information content (AvgIpc) is 2.97. The van der Waals surface area contributed by atoms with Gasteiger partial charge in [0.15, 0.2) is 5.78 Å². The Morgan fingerprint density at radius 2 is 1.48 bits per heavy atom. The van der Waals surface area contributed by atoms with Crippen LogP contribution in [0.4, 0.5) is 0 Å². The van der Waals surface area contributed by atoms with Crippen LogP contribution in [0, 0.1) is 0 Å². The monoisotopic (exact) mass is 292 g/mol. The average molecular weight is 292 g/mol. The predicted molar refractivity (Wildman–Crippen MR) is 88.9 cm³/mol. The lowest BCUT2D eigenvalue weighted by Gasteiger charge is -2.03. The number of carbonyl (C=O) groups excluding carboxylic acids is 1. The van der Waals surface area contributed by atoms with Crippen molar-refractivity contribution in [3.63, 3.8) is 0 Å². The number of hydrogen-bond acceptors (Lipinski definition) is 2. The molecular formula is C19H32O2. The number of furan rings is 1. The molecular weight excluding hydrogens is 260 g/mol. The number of Topliss-reactive ketones (excluding diaryl/α,β-unsaturated/α-hetero) is 1. The van der Waals surface area contributed by atoms with Gasteiger partial charge < -0.3 is 4.42 Å². The van der Waals surface area contributed by atoms with E-state index in [1.165, 1.54) is 57.8 Å². The summed E-state index contributed by atoms with van der Waals surface area (Å²) in [4.78, 5) is 12.1. The van der Waals surface area contributed by atoms with E-state index in [-0.39, 0.29) is 5.78 Å². The molecule has 0 aliphatic heterocycles. The molecule has 2 nitrogen and oxygen atoms in total. The molecule has 0 saturated carbocycles. The van der Waals surface area contributed by atoms with E-state index in [1.54, 1.807) is 6.26 Å². The van der Waals surface area contributed by atoms with E-state index < -0.39 is 0 Å². The standard InChI is InChI=1S/C19H32O2/c1-3-5-6-7-8-9-10-11-12-13-14-18(20)17-15-16-21-19(17)4-2/h15-16H,3-14H2,1-2H3. The molecule has 1 aromatic heterocycles. The zero-order valence-electron chi connectivity index (χ0n) is 14.0. The Kier molecular flexibility index (Phi) is 9.94. The van der Waals surface area contributed by atoms with Gasteiger partial charge in [0.2, 0.25) is 0 Å². The van der Waals surface area contributed by atoms with Crippen LogP contribution < -0.4 is 0 Å². The molecule has 0 aliphatic carbocycles. The van der Waals surface area contributed by atoms with Crippen molar-refractivity contribution in [1.82, 2.24) is 0 Å². The highest BCUT2D eigenvalue weighted by Gasteiger charge is 2.12. The maximum Gasteiger partial charge on any atom is 0.166 e. The van der Waals surface area contributed by atoms with Gasteiger partial charge in [-0.05, 0) is 12.5 Å². The number of rotatable bonds is 13. The van der Waals surface area contributed by atoms with Crippen LogP contribution in [0.3, 0.4) is 0 Å². The number of hydrogen-bond donors (Lipinski definition) is 0. The molecule has 21 heavy (non-hydrogen) atoms. The van der Waals surface area contributed by atoms with Gasteiger partial charge in [-0.3, -0.25) is 4.79 Å². The molecule has 0 aromatic carbocycles. The third kappa shape index (κ3) is 7.50. The summed E-state index contributed by atoms with van der Waals surface area (Å²) >= 11 is 0. The molecule has 0 spiro atoms. The number of carbonyl (C=O) groups is 1. The Morgan fingerprint density at radius 1 is 0.905 bits per heavy atom. The maximum absolute atomic E-state index is 12.1. The van der Waals surface area contributed by atoms with Crippen LogP contribution in [-0.4, -0.2) is 5.78 Å². The summed E-state index contributed by atoms with van der Waals surface area (Å²) in [6, 6.07) is 1.82. The van der Waals surface area contributed by atoms with Crippen molar-refractivity contribution in [3.05, 3.63) is 23.7 Å². The summed E-state index contributed by atoms with van der Waals surface area (Å²) in [5, 5.41) is 0. The lowest BCUT2D eigenvalue weighted by atomic mass is 10.0. The van der Waals surface area contributed by atoms with Crippen LogP contribution >= 0.6 is 0 Å². The second kappa shape index (κ2) is 11.6. The van der Waals surface area contributed by atoms with Crippen LogP contribution in [0.1, 0.15) is 101 Å². The van der Waals surface area contributed by atoms with Crippen LogP contribution in [0.5, 0.6) is 0 Å². The largest absolute Gasteiger partial charge is 0.469 e. The van der Waals surface area contributed by atoms with Crippen molar-refractivity contribution in [1.29, 1.82) is 0 Å². The Hall–Kier alpha value is -1.05. The van der Waals surface area contributed by atoms with Gasteiger partial charge in [0.25, 0.3) is 0 Å². The Bertz CT molecular complexity index is 379. The van der Waals surface area contributed by atoms with Gasteiger partial charge >= 0.3 is 0 Å². The lowest BCUT2D eigenvalue weighted by Crippen LogP contribution is -2.00. The lowest BCUT2D eigenvalue weighted by molar-refractivity contribution is 0.0977. The predicted octanol–water partition coefficient (Wildman–Crippen LogP) is 6.34. The van der Waals surface area contributed by atoms with Crippen molar-refractivity contribution in [2.75, 3.05) is 0 Å². The van der Waals surface area contributed by atoms with Crippen molar-refractivity contribution in [2.45, 2.75) is 90.9 Å². The summed E-state index contributed by atoms with van der Waals surface area (Å²) in [6.07, 6.45) is 16.1. The third-order valence-electron chi connectivity index (χ3n) is 4.12. The fraction of sp³-hybridized carbons (Fsp3) is 0.737. The van der Waals surface area contributed by atoms with Crippen LogP contribution in [0.2, 0.25) is 0 Å². The minimum absolute atomic E-state index is 0.250. The molecule has 1 aromatic rings. The molecule has 0 radical (unpaired) electrons. The van der Waals surface area contributed by atoms with E-state index in [2.05, 4.69) is 6.92 Å². The van der Waals surface area contributed by atoms with E-state index in [1.807, 2.05) is 13.0 Å². The third-order valence-corrected chi connectivity index (χ3v) is 4.12. The normalized spacial score (nSPS) is 11.0. The summed E-state index contributed by atoms with van der Waals surface area (Å²) in [6.45, 7) is 4.28.